The van der Waals surface area contributed by atoms with E-state index in [1.54, 1.807) is 24.3 Å². The lowest BCUT2D eigenvalue weighted by Crippen LogP contribution is -2.29. The van der Waals surface area contributed by atoms with Crippen molar-refractivity contribution >= 4 is 5.69 Å². The van der Waals surface area contributed by atoms with E-state index in [9.17, 15) is 15.2 Å². The van der Waals surface area contributed by atoms with Crippen molar-refractivity contribution in [2.45, 2.75) is 44.8 Å². The molecule has 0 amide bonds. The van der Waals surface area contributed by atoms with Crippen LogP contribution in [0.5, 0.6) is 0 Å². The number of non-ortho nitro benzene ring substituents is 1. The molecule has 1 aromatic carbocycles. The molecule has 110 valence electrons. The smallest absolute Gasteiger partial charge is 0.269 e. The van der Waals surface area contributed by atoms with Crippen molar-refractivity contribution in [3.63, 3.8) is 0 Å². The highest BCUT2D eigenvalue weighted by atomic mass is 16.6. The summed E-state index contributed by atoms with van der Waals surface area (Å²) in [6.45, 7) is 3.00. The standard InChI is InChI=1S/C15H22N2O3/c1-11(13-4-6-14(7-5-13)17(19)20)16-10-12-2-8-15(18)9-3-12/h4-7,11-12,15-16,18H,2-3,8-10H2,1H3. The average Bonchev–Trinajstić information content (AvgIpc) is 2.46. The Morgan fingerprint density at radius 1 is 1.30 bits per heavy atom. The van der Waals surface area contributed by atoms with E-state index in [0.717, 1.165) is 37.8 Å². The molecule has 0 saturated heterocycles. The molecule has 1 atom stereocenters. The predicted octanol–water partition coefficient (Wildman–Crippen LogP) is 2.80. The minimum Gasteiger partial charge on any atom is -0.393 e. The van der Waals surface area contributed by atoms with Crippen LogP contribution in [0.4, 0.5) is 5.69 Å². The second-order valence-electron chi connectivity index (χ2n) is 5.65. The molecule has 1 saturated carbocycles. The zero-order chi connectivity index (χ0) is 14.5. The van der Waals surface area contributed by atoms with Gasteiger partial charge in [-0.25, -0.2) is 0 Å². The number of benzene rings is 1. The van der Waals surface area contributed by atoms with Crippen molar-refractivity contribution in [2.75, 3.05) is 6.54 Å². The third kappa shape index (κ3) is 4.02. The summed E-state index contributed by atoms with van der Waals surface area (Å²) in [4.78, 5) is 10.2. The van der Waals surface area contributed by atoms with Gasteiger partial charge in [-0.3, -0.25) is 10.1 Å². The molecule has 1 aliphatic carbocycles. The van der Waals surface area contributed by atoms with Gasteiger partial charge in [0, 0.05) is 18.2 Å². The fourth-order valence-electron chi connectivity index (χ4n) is 2.69. The molecule has 1 aromatic rings. The third-order valence-electron chi connectivity index (χ3n) is 4.13. The van der Waals surface area contributed by atoms with Gasteiger partial charge in [-0.2, -0.15) is 0 Å². The van der Waals surface area contributed by atoms with E-state index >= 15 is 0 Å². The van der Waals surface area contributed by atoms with Gasteiger partial charge in [-0.1, -0.05) is 12.1 Å². The molecule has 0 bridgehead atoms. The number of nitrogens with zero attached hydrogens (tertiary/aromatic N) is 1. The van der Waals surface area contributed by atoms with E-state index in [1.165, 1.54) is 0 Å². The van der Waals surface area contributed by atoms with E-state index < -0.39 is 0 Å². The topological polar surface area (TPSA) is 75.4 Å². The summed E-state index contributed by atoms with van der Waals surface area (Å²) < 4.78 is 0. The molecule has 0 radical (unpaired) electrons. The Hall–Kier alpha value is -1.46. The molecule has 1 aliphatic rings. The van der Waals surface area contributed by atoms with Crippen molar-refractivity contribution in [1.82, 2.24) is 5.32 Å². The van der Waals surface area contributed by atoms with Gasteiger partial charge in [0.25, 0.3) is 5.69 Å². The Balaban J connectivity index is 1.82. The highest BCUT2D eigenvalue weighted by molar-refractivity contribution is 5.34. The summed E-state index contributed by atoms with van der Waals surface area (Å²) in [7, 11) is 0. The first kappa shape index (κ1) is 14.9. The number of aliphatic hydroxyl groups is 1. The molecule has 2 N–H and O–H groups in total. The molecule has 0 spiro atoms. The van der Waals surface area contributed by atoms with E-state index in [2.05, 4.69) is 12.2 Å². The van der Waals surface area contributed by atoms with Gasteiger partial charge in [0.1, 0.15) is 0 Å². The molecule has 5 heteroatoms. The van der Waals surface area contributed by atoms with E-state index in [1.807, 2.05) is 0 Å². The summed E-state index contributed by atoms with van der Waals surface area (Å²) >= 11 is 0. The number of nitro benzene ring substituents is 1. The normalized spacial score (nSPS) is 24.3. The number of hydrogen-bond donors (Lipinski definition) is 2. The molecular formula is C15H22N2O3. The zero-order valence-corrected chi connectivity index (χ0v) is 11.8. The van der Waals surface area contributed by atoms with Gasteiger partial charge >= 0.3 is 0 Å². The predicted molar refractivity (Wildman–Crippen MR) is 77.5 cm³/mol. The van der Waals surface area contributed by atoms with Crippen LogP contribution in [0, 0.1) is 16.0 Å². The maximum Gasteiger partial charge on any atom is 0.269 e. The first-order valence-electron chi connectivity index (χ1n) is 7.22. The molecule has 0 aliphatic heterocycles. The summed E-state index contributed by atoms with van der Waals surface area (Å²) in [6, 6.07) is 6.89. The first-order chi connectivity index (χ1) is 9.56. The molecular weight excluding hydrogens is 256 g/mol. The Morgan fingerprint density at radius 2 is 1.90 bits per heavy atom. The van der Waals surface area contributed by atoms with Gasteiger partial charge in [0.05, 0.1) is 11.0 Å². The van der Waals surface area contributed by atoms with Crippen LogP contribution in [-0.4, -0.2) is 22.7 Å². The van der Waals surface area contributed by atoms with Crippen LogP contribution in [0.15, 0.2) is 24.3 Å². The number of nitro groups is 1. The van der Waals surface area contributed by atoms with Gasteiger partial charge < -0.3 is 10.4 Å². The Labute approximate surface area is 119 Å². The second-order valence-corrected chi connectivity index (χ2v) is 5.65. The van der Waals surface area contributed by atoms with Crippen molar-refractivity contribution in [1.29, 1.82) is 0 Å². The van der Waals surface area contributed by atoms with Crippen LogP contribution >= 0.6 is 0 Å². The van der Waals surface area contributed by atoms with E-state index in [4.69, 9.17) is 0 Å². The van der Waals surface area contributed by atoms with Crippen molar-refractivity contribution < 1.29 is 10.0 Å². The third-order valence-corrected chi connectivity index (χ3v) is 4.13. The van der Waals surface area contributed by atoms with Crippen LogP contribution in [0.1, 0.15) is 44.2 Å². The minimum absolute atomic E-state index is 0.113. The molecule has 0 aromatic heterocycles. The van der Waals surface area contributed by atoms with Crippen LogP contribution in [0.2, 0.25) is 0 Å². The largest absolute Gasteiger partial charge is 0.393 e. The quantitative estimate of drug-likeness (QED) is 0.641. The maximum atomic E-state index is 10.6. The summed E-state index contributed by atoms with van der Waals surface area (Å²) in [5.41, 5.74) is 1.19. The molecule has 1 unspecified atom stereocenters. The molecule has 0 heterocycles. The Bertz CT molecular complexity index is 439. The SMILES string of the molecule is CC(NCC1CCC(O)CC1)c1ccc([N+](=O)[O-])cc1. The van der Waals surface area contributed by atoms with Crippen molar-refractivity contribution in [3.05, 3.63) is 39.9 Å². The minimum atomic E-state index is -0.380. The summed E-state index contributed by atoms with van der Waals surface area (Å²) in [5.74, 6) is 0.624. The Morgan fingerprint density at radius 3 is 2.45 bits per heavy atom. The second kappa shape index (κ2) is 6.81. The van der Waals surface area contributed by atoms with Crippen LogP contribution < -0.4 is 5.32 Å². The Kier molecular flexibility index (Phi) is 5.09. The highest BCUT2D eigenvalue weighted by Gasteiger charge is 2.19. The van der Waals surface area contributed by atoms with Gasteiger partial charge in [-0.05, 0) is 50.6 Å². The number of nitrogens with one attached hydrogen (secondary N) is 1. The first-order valence-corrected chi connectivity index (χ1v) is 7.22. The lowest BCUT2D eigenvalue weighted by molar-refractivity contribution is -0.384. The zero-order valence-electron chi connectivity index (χ0n) is 11.8. The maximum absolute atomic E-state index is 10.6. The van der Waals surface area contributed by atoms with Gasteiger partial charge in [-0.15, -0.1) is 0 Å². The lowest BCUT2D eigenvalue weighted by atomic mass is 9.87. The van der Waals surface area contributed by atoms with Crippen molar-refractivity contribution in [3.8, 4) is 0 Å². The van der Waals surface area contributed by atoms with Crippen molar-refractivity contribution in [2.24, 2.45) is 5.92 Å². The average molecular weight is 278 g/mol. The summed E-state index contributed by atoms with van der Waals surface area (Å²) in [5, 5.41) is 23.6. The monoisotopic (exact) mass is 278 g/mol. The molecule has 1 fully saturated rings. The molecule has 2 rings (SSSR count). The highest BCUT2D eigenvalue weighted by Crippen LogP contribution is 2.24. The number of aliphatic hydroxyl groups excluding tert-OH is 1. The fraction of sp³-hybridized carbons (Fsp3) is 0.600. The van der Waals surface area contributed by atoms with Gasteiger partial charge in [0.2, 0.25) is 0 Å². The fourth-order valence-corrected chi connectivity index (χ4v) is 2.69. The van der Waals surface area contributed by atoms with E-state index in [0.29, 0.717) is 5.92 Å². The van der Waals surface area contributed by atoms with Crippen LogP contribution in [0.25, 0.3) is 0 Å². The van der Waals surface area contributed by atoms with Gasteiger partial charge in [0.15, 0.2) is 0 Å². The van der Waals surface area contributed by atoms with Crippen LogP contribution in [0.3, 0.4) is 0 Å². The number of rotatable bonds is 5. The summed E-state index contributed by atoms with van der Waals surface area (Å²) in [6.07, 6.45) is 3.83. The molecule has 5 nitrogen and oxygen atoms in total. The lowest BCUT2D eigenvalue weighted by Gasteiger charge is -2.27. The van der Waals surface area contributed by atoms with E-state index in [-0.39, 0.29) is 22.8 Å². The van der Waals surface area contributed by atoms with Crippen LogP contribution in [-0.2, 0) is 0 Å². The number of hydrogen-bond acceptors (Lipinski definition) is 4. The molecule has 20 heavy (non-hydrogen) atoms.